The van der Waals surface area contributed by atoms with Gasteiger partial charge >= 0.3 is 0 Å². The second-order valence-corrected chi connectivity index (χ2v) is 8.17. The number of hydrogen-bond donors (Lipinski definition) is 1. The van der Waals surface area contributed by atoms with Crippen LogP contribution in [0.3, 0.4) is 0 Å². The van der Waals surface area contributed by atoms with Crippen LogP contribution in [-0.4, -0.2) is 12.6 Å². The zero-order valence-electron chi connectivity index (χ0n) is 14.7. The highest BCUT2D eigenvalue weighted by molar-refractivity contribution is 5.57. The molecule has 1 aromatic rings. The van der Waals surface area contributed by atoms with Crippen molar-refractivity contribution in [2.24, 2.45) is 11.8 Å². The van der Waals surface area contributed by atoms with Gasteiger partial charge < -0.3 is 10.1 Å². The first-order chi connectivity index (χ1) is 11.2. The van der Waals surface area contributed by atoms with Gasteiger partial charge in [-0.1, -0.05) is 45.2 Å². The van der Waals surface area contributed by atoms with E-state index in [0.717, 1.165) is 12.5 Å². The van der Waals surface area contributed by atoms with Gasteiger partial charge in [-0.05, 0) is 49.1 Å². The van der Waals surface area contributed by atoms with Crippen molar-refractivity contribution >= 4 is 5.69 Å². The fourth-order valence-corrected chi connectivity index (χ4v) is 5.05. The molecule has 1 saturated heterocycles. The van der Waals surface area contributed by atoms with E-state index in [1.807, 2.05) is 0 Å². The maximum absolute atomic E-state index is 6.32. The van der Waals surface area contributed by atoms with Crippen LogP contribution in [0.5, 0.6) is 0 Å². The number of hydrogen-bond acceptors (Lipinski definition) is 2. The first-order valence-corrected chi connectivity index (χ1v) is 9.76. The van der Waals surface area contributed by atoms with E-state index in [1.54, 1.807) is 0 Å². The summed E-state index contributed by atoms with van der Waals surface area (Å²) >= 11 is 0. The van der Waals surface area contributed by atoms with Gasteiger partial charge in [0, 0.05) is 29.8 Å². The molecule has 0 amide bonds. The number of nitrogens with one attached hydrogen (secondary N) is 1. The molecular formula is C21H31NO. The smallest absolute Gasteiger partial charge is 0.0892 e. The highest BCUT2D eigenvalue weighted by Crippen LogP contribution is 2.48. The Morgan fingerprint density at radius 2 is 1.87 bits per heavy atom. The normalized spacial score (nSPS) is 31.3. The molecule has 2 heteroatoms. The van der Waals surface area contributed by atoms with Gasteiger partial charge in [0.2, 0.25) is 0 Å². The fourth-order valence-electron chi connectivity index (χ4n) is 5.05. The molecule has 2 aliphatic heterocycles. The zero-order valence-corrected chi connectivity index (χ0v) is 14.7. The van der Waals surface area contributed by atoms with E-state index < -0.39 is 0 Å². The second kappa shape index (κ2) is 6.47. The molecular weight excluding hydrogens is 282 g/mol. The number of fused-ring (bicyclic) bond motifs is 3. The Labute approximate surface area is 141 Å². The summed E-state index contributed by atoms with van der Waals surface area (Å²) < 4.78 is 6.32. The number of rotatable bonds is 2. The molecule has 2 nitrogen and oxygen atoms in total. The summed E-state index contributed by atoms with van der Waals surface area (Å²) in [6, 6.07) is 7.65. The Hall–Kier alpha value is -1.02. The molecule has 23 heavy (non-hydrogen) atoms. The molecule has 2 heterocycles. The van der Waals surface area contributed by atoms with Gasteiger partial charge in [-0.2, -0.15) is 0 Å². The van der Waals surface area contributed by atoms with E-state index in [2.05, 4.69) is 37.4 Å². The van der Waals surface area contributed by atoms with Crippen LogP contribution in [0, 0.1) is 11.8 Å². The molecule has 0 bridgehead atoms. The predicted octanol–water partition coefficient (Wildman–Crippen LogP) is 5.65. The summed E-state index contributed by atoms with van der Waals surface area (Å²) in [5.74, 6) is 2.09. The second-order valence-electron chi connectivity index (χ2n) is 8.17. The Kier molecular flexibility index (Phi) is 4.36. The van der Waals surface area contributed by atoms with E-state index in [-0.39, 0.29) is 0 Å². The van der Waals surface area contributed by atoms with Crippen molar-refractivity contribution in [3.63, 3.8) is 0 Å². The molecule has 3 unspecified atom stereocenters. The Morgan fingerprint density at radius 3 is 2.65 bits per heavy atom. The van der Waals surface area contributed by atoms with E-state index in [1.165, 1.54) is 61.8 Å². The highest BCUT2D eigenvalue weighted by atomic mass is 16.5. The molecule has 1 saturated carbocycles. The van der Waals surface area contributed by atoms with Crippen LogP contribution < -0.4 is 5.32 Å². The van der Waals surface area contributed by atoms with Gasteiger partial charge in [-0.25, -0.2) is 0 Å². The summed E-state index contributed by atoms with van der Waals surface area (Å²) in [5, 5.41) is 3.95. The van der Waals surface area contributed by atoms with E-state index >= 15 is 0 Å². The van der Waals surface area contributed by atoms with E-state index in [9.17, 15) is 0 Å². The van der Waals surface area contributed by atoms with Crippen LogP contribution in [0.1, 0.15) is 81.9 Å². The van der Waals surface area contributed by atoms with E-state index in [0.29, 0.717) is 24.0 Å². The molecule has 126 valence electrons. The molecule has 3 atom stereocenters. The van der Waals surface area contributed by atoms with Gasteiger partial charge in [-0.15, -0.1) is 0 Å². The average molecular weight is 313 g/mol. The van der Waals surface area contributed by atoms with Crippen LogP contribution in [0.2, 0.25) is 0 Å². The minimum atomic E-state index is 0.325. The average Bonchev–Trinajstić information content (AvgIpc) is 2.61. The van der Waals surface area contributed by atoms with Gasteiger partial charge in [0.15, 0.2) is 0 Å². The zero-order chi connectivity index (χ0) is 15.8. The molecule has 1 N–H and O–H groups in total. The van der Waals surface area contributed by atoms with Gasteiger partial charge in [0.1, 0.15) is 0 Å². The Morgan fingerprint density at radius 1 is 1.04 bits per heavy atom. The van der Waals surface area contributed by atoms with Crippen LogP contribution in [0.25, 0.3) is 0 Å². The third-order valence-electron chi connectivity index (χ3n) is 6.36. The lowest BCUT2D eigenvalue weighted by Crippen LogP contribution is -2.46. The molecule has 4 rings (SSSR count). The summed E-state index contributed by atoms with van der Waals surface area (Å²) in [4.78, 5) is 0. The molecule has 0 spiro atoms. The number of anilines is 1. The lowest BCUT2D eigenvalue weighted by atomic mass is 9.71. The maximum Gasteiger partial charge on any atom is 0.0892 e. The highest BCUT2D eigenvalue weighted by Gasteiger charge is 2.42. The predicted molar refractivity (Wildman–Crippen MR) is 95.9 cm³/mol. The van der Waals surface area contributed by atoms with Crippen molar-refractivity contribution < 1.29 is 4.74 Å². The topological polar surface area (TPSA) is 21.3 Å². The van der Waals surface area contributed by atoms with E-state index in [4.69, 9.17) is 4.74 Å². The minimum absolute atomic E-state index is 0.325. The van der Waals surface area contributed by atoms with Crippen LogP contribution in [-0.2, 0) is 4.74 Å². The molecule has 3 aliphatic rings. The maximum atomic E-state index is 6.32. The summed E-state index contributed by atoms with van der Waals surface area (Å²) in [5.41, 5.74) is 4.20. The molecule has 1 aliphatic carbocycles. The lowest BCUT2D eigenvalue weighted by molar-refractivity contribution is -0.0458. The van der Waals surface area contributed by atoms with Crippen molar-refractivity contribution in [3.8, 4) is 0 Å². The van der Waals surface area contributed by atoms with Crippen LogP contribution in [0.15, 0.2) is 18.2 Å². The Balaban J connectivity index is 1.67. The molecule has 0 radical (unpaired) electrons. The molecule has 2 fully saturated rings. The first kappa shape index (κ1) is 15.5. The number of ether oxygens (including phenoxy) is 1. The largest absolute Gasteiger partial charge is 0.381 e. The third-order valence-corrected chi connectivity index (χ3v) is 6.36. The van der Waals surface area contributed by atoms with Crippen LogP contribution in [0.4, 0.5) is 5.69 Å². The SMILES string of the molecule is CC(C)c1ccc2c(c1)C1OCCCC1C(C1CCCCC1)N2. The van der Waals surface area contributed by atoms with Crippen molar-refractivity contribution in [2.45, 2.75) is 76.9 Å². The fraction of sp³-hybridized carbons (Fsp3) is 0.714. The van der Waals surface area contributed by atoms with Crippen LogP contribution >= 0.6 is 0 Å². The quantitative estimate of drug-likeness (QED) is 0.761. The lowest BCUT2D eigenvalue weighted by Gasteiger charge is -2.47. The summed E-state index contributed by atoms with van der Waals surface area (Å²) in [7, 11) is 0. The summed E-state index contributed by atoms with van der Waals surface area (Å²) in [6.45, 7) is 5.49. The minimum Gasteiger partial charge on any atom is -0.381 e. The summed E-state index contributed by atoms with van der Waals surface area (Å²) in [6.07, 6.45) is 9.95. The number of benzene rings is 1. The van der Waals surface area contributed by atoms with Crippen molar-refractivity contribution in [2.75, 3.05) is 11.9 Å². The molecule has 0 aromatic heterocycles. The van der Waals surface area contributed by atoms with Gasteiger partial charge in [0.25, 0.3) is 0 Å². The van der Waals surface area contributed by atoms with Crippen molar-refractivity contribution in [3.05, 3.63) is 29.3 Å². The molecule has 1 aromatic carbocycles. The monoisotopic (exact) mass is 313 g/mol. The third kappa shape index (κ3) is 2.91. The van der Waals surface area contributed by atoms with Crippen molar-refractivity contribution in [1.82, 2.24) is 0 Å². The first-order valence-electron chi connectivity index (χ1n) is 9.76. The standard InChI is InChI=1S/C21H31NO/c1-14(2)16-10-11-19-18(13-16)21-17(9-6-12-23-21)20(22-19)15-7-4-3-5-8-15/h10-11,13-15,17,20-22H,3-9,12H2,1-2H3. The van der Waals surface area contributed by atoms with Gasteiger partial charge in [-0.3, -0.25) is 0 Å². The van der Waals surface area contributed by atoms with Gasteiger partial charge in [0.05, 0.1) is 6.10 Å². The van der Waals surface area contributed by atoms with Crippen molar-refractivity contribution in [1.29, 1.82) is 0 Å². The Bertz CT molecular complexity index is 547.